The van der Waals surface area contributed by atoms with E-state index in [1.807, 2.05) is 0 Å². The molecule has 0 unspecified atom stereocenters. The SMILES string of the molecule is CCC[CH2][Sn]([CH2]CCC)([CH2]CCC)[c]1cc(C)n(C)c1C#N. The van der Waals surface area contributed by atoms with E-state index >= 15 is 0 Å². The van der Waals surface area contributed by atoms with Crippen molar-refractivity contribution >= 4 is 22.0 Å². The van der Waals surface area contributed by atoms with E-state index < -0.39 is 18.4 Å². The Kier molecular flexibility index (Phi) is 8.60. The van der Waals surface area contributed by atoms with Gasteiger partial charge in [-0.15, -0.1) is 0 Å². The summed E-state index contributed by atoms with van der Waals surface area (Å²) in [7, 11) is 2.06. The van der Waals surface area contributed by atoms with E-state index in [0.29, 0.717) is 0 Å². The van der Waals surface area contributed by atoms with Crippen LogP contribution >= 0.6 is 0 Å². The maximum atomic E-state index is 9.71. The van der Waals surface area contributed by atoms with Crippen LogP contribution in [0.2, 0.25) is 13.3 Å². The Labute approximate surface area is 141 Å². The van der Waals surface area contributed by atoms with Gasteiger partial charge in [-0.2, -0.15) is 0 Å². The number of unbranched alkanes of at least 4 members (excludes halogenated alkanes) is 3. The van der Waals surface area contributed by atoms with E-state index in [0.717, 1.165) is 5.69 Å². The Morgan fingerprint density at radius 3 is 1.82 bits per heavy atom. The van der Waals surface area contributed by atoms with E-state index in [1.165, 1.54) is 61.1 Å². The summed E-state index contributed by atoms with van der Waals surface area (Å²) in [6.45, 7) is 9.06. The van der Waals surface area contributed by atoms with Crippen molar-refractivity contribution in [3.05, 3.63) is 17.5 Å². The van der Waals surface area contributed by atoms with Gasteiger partial charge in [-0.05, 0) is 0 Å². The summed E-state index contributed by atoms with van der Waals surface area (Å²) in [5, 5.41) is 9.71. The van der Waals surface area contributed by atoms with Crippen LogP contribution in [0.1, 0.15) is 70.7 Å². The van der Waals surface area contributed by atoms with E-state index in [9.17, 15) is 5.26 Å². The molecule has 0 amide bonds. The monoisotopic (exact) mass is 410 g/mol. The number of nitriles is 1. The van der Waals surface area contributed by atoms with E-state index in [-0.39, 0.29) is 0 Å². The second-order valence-corrected chi connectivity index (χ2v) is 19.9. The second-order valence-electron chi connectivity index (χ2n) is 6.81. The predicted octanol–water partition coefficient (Wildman–Crippen LogP) is 5.26. The van der Waals surface area contributed by atoms with Gasteiger partial charge >= 0.3 is 142 Å². The molecule has 1 aromatic heterocycles. The Balaban J connectivity index is 3.31. The first-order valence-corrected chi connectivity index (χ1v) is 16.6. The molecular weight excluding hydrogens is 375 g/mol. The molecule has 3 heteroatoms. The normalized spacial score (nSPS) is 11.6. The number of aromatic nitrogens is 1. The van der Waals surface area contributed by atoms with E-state index in [1.54, 1.807) is 0 Å². The first-order valence-electron chi connectivity index (χ1n) is 9.13. The van der Waals surface area contributed by atoms with Crippen molar-refractivity contribution in [2.24, 2.45) is 7.05 Å². The zero-order valence-electron chi connectivity index (χ0n) is 15.3. The predicted molar refractivity (Wildman–Crippen MR) is 99.4 cm³/mol. The molecule has 0 bridgehead atoms. The average Bonchev–Trinajstić information content (AvgIpc) is 2.82. The van der Waals surface area contributed by atoms with Crippen molar-refractivity contribution in [2.45, 2.75) is 79.5 Å². The maximum absolute atomic E-state index is 9.71. The van der Waals surface area contributed by atoms with Crippen LogP contribution in [0.15, 0.2) is 6.07 Å². The molecule has 0 saturated carbocycles. The standard InChI is InChI=1S/C7H7N2.3C4H9.Sn/c1-6-3-4-7(5-8)9(6)2;3*1-3-4-2;/h3H,1-2H3;3*1,3-4H2,2H3;. The summed E-state index contributed by atoms with van der Waals surface area (Å²) in [5.41, 5.74) is 2.24. The van der Waals surface area contributed by atoms with Crippen LogP contribution in [-0.4, -0.2) is 22.9 Å². The summed E-state index contributed by atoms with van der Waals surface area (Å²) in [4.78, 5) is 0. The van der Waals surface area contributed by atoms with Crippen LogP contribution in [0.5, 0.6) is 0 Å². The molecule has 0 aliphatic heterocycles. The van der Waals surface area contributed by atoms with Gasteiger partial charge in [0, 0.05) is 0 Å². The molecule has 0 radical (unpaired) electrons. The van der Waals surface area contributed by atoms with Gasteiger partial charge in [-0.3, -0.25) is 0 Å². The Morgan fingerprint density at radius 2 is 1.45 bits per heavy atom. The van der Waals surface area contributed by atoms with Crippen molar-refractivity contribution in [3.63, 3.8) is 0 Å². The van der Waals surface area contributed by atoms with Gasteiger partial charge in [0.05, 0.1) is 0 Å². The summed E-state index contributed by atoms with van der Waals surface area (Å²) in [6, 6.07) is 4.92. The number of rotatable bonds is 10. The van der Waals surface area contributed by atoms with Crippen molar-refractivity contribution < 1.29 is 0 Å². The van der Waals surface area contributed by atoms with Crippen LogP contribution in [0, 0.1) is 18.3 Å². The van der Waals surface area contributed by atoms with Crippen LogP contribution in [0.25, 0.3) is 0 Å². The summed E-state index contributed by atoms with van der Waals surface area (Å²) in [5.74, 6) is 0. The fourth-order valence-electron chi connectivity index (χ4n) is 3.60. The van der Waals surface area contributed by atoms with Crippen molar-refractivity contribution in [2.75, 3.05) is 0 Å². The fourth-order valence-corrected chi connectivity index (χ4v) is 20.4. The second kappa shape index (κ2) is 9.65. The molecule has 0 N–H and O–H groups in total. The zero-order valence-corrected chi connectivity index (χ0v) is 18.2. The molecule has 0 aliphatic carbocycles. The molecule has 124 valence electrons. The minimum atomic E-state index is -2.46. The molecule has 22 heavy (non-hydrogen) atoms. The van der Waals surface area contributed by atoms with E-state index in [2.05, 4.69) is 51.4 Å². The van der Waals surface area contributed by atoms with Crippen LogP contribution in [-0.2, 0) is 7.05 Å². The first-order chi connectivity index (χ1) is 10.6. The summed E-state index contributed by atoms with van der Waals surface area (Å²) < 4.78 is 7.97. The third kappa shape index (κ3) is 4.54. The zero-order chi connectivity index (χ0) is 16.6. The van der Waals surface area contributed by atoms with Gasteiger partial charge in [0.2, 0.25) is 0 Å². The Bertz CT molecular complexity index is 474. The molecule has 0 spiro atoms. The molecule has 2 nitrogen and oxygen atoms in total. The minimum absolute atomic E-state index is 0.983. The fraction of sp³-hybridized carbons (Fsp3) is 0.737. The molecule has 1 rings (SSSR count). The number of hydrogen-bond donors (Lipinski definition) is 0. The van der Waals surface area contributed by atoms with Crippen LogP contribution < -0.4 is 3.58 Å². The van der Waals surface area contributed by atoms with Crippen LogP contribution in [0.4, 0.5) is 0 Å². The van der Waals surface area contributed by atoms with Crippen molar-refractivity contribution in [3.8, 4) is 6.07 Å². The van der Waals surface area contributed by atoms with Gasteiger partial charge in [0.25, 0.3) is 0 Å². The number of hydrogen-bond acceptors (Lipinski definition) is 1. The molecular formula is C19H34N2Sn. The quantitative estimate of drug-likeness (QED) is 0.485. The van der Waals surface area contributed by atoms with Gasteiger partial charge in [0.15, 0.2) is 0 Å². The van der Waals surface area contributed by atoms with E-state index in [4.69, 9.17) is 0 Å². The Hall–Kier alpha value is -0.431. The van der Waals surface area contributed by atoms with Crippen molar-refractivity contribution in [1.82, 2.24) is 4.57 Å². The molecule has 0 atom stereocenters. The molecule has 0 fully saturated rings. The van der Waals surface area contributed by atoms with Gasteiger partial charge in [-0.25, -0.2) is 0 Å². The summed E-state index contributed by atoms with van der Waals surface area (Å²) in [6.07, 6.45) is 7.90. The van der Waals surface area contributed by atoms with Gasteiger partial charge in [-0.1, -0.05) is 0 Å². The molecule has 0 aliphatic rings. The summed E-state index contributed by atoms with van der Waals surface area (Å²) >= 11 is -2.46. The van der Waals surface area contributed by atoms with Crippen LogP contribution in [0.3, 0.4) is 0 Å². The third-order valence-corrected chi connectivity index (χ3v) is 20.7. The Morgan fingerprint density at radius 1 is 1.00 bits per heavy atom. The van der Waals surface area contributed by atoms with Crippen molar-refractivity contribution in [1.29, 1.82) is 5.26 Å². The van der Waals surface area contributed by atoms with Gasteiger partial charge in [0.1, 0.15) is 0 Å². The topological polar surface area (TPSA) is 28.7 Å². The number of aryl methyl sites for hydroxylation is 1. The average molecular weight is 409 g/mol. The molecule has 1 aromatic rings. The molecule has 0 saturated heterocycles. The third-order valence-electron chi connectivity index (χ3n) is 5.18. The molecule has 0 aromatic carbocycles. The number of nitrogens with zero attached hydrogens (tertiary/aromatic N) is 2. The van der Waals surface area contributed by atoms with Gasteiger partial charge < -0.3 is 0 Å². The first kappa shape index (κ1) is 19.6. The molecule has 1 heterocycles.